The predicted molar refractivity (Wildman–Crippen MR) is 71.5 cm³/mol. The minimum Gasteiger partial charge on any atom is -0.302 e. The fourth-order valence-corrected chi connectivity index (χ4v) is 4.62. The highest BCUT2D eigenvalue weighted by atomic mass is 32.2. The van der Waals surface area contributed by atoms with Gasteiger partial charge in [0.15, 0.2) is 15.0 Å². The van der Waals surface area contributed by atoms with Crippen LogP contribution < -0.4 is 5.32 Å². The van der Waals surface area contributed by atoms with Crippen LogP contribution in [0.2, 0.25) is 0 Å². The van der Waals surface area contributed by atoms with E-state index in [-0.39, 0.29) is 29.8 Å². The number of nitrogens with zero attached hydrogens (tertiary/aromatic N) is 1. The minimum atomic E-state index is -2.91. The van der Waals surface area contributed by atoms with E-state index in [4.69, 9.17) is 0 Å². The van der Waals surface area contributed by atoms with Crippen molar-refractivity contribution >= 4 is 32.2 Å². The number of hydrogen-bond donors (Lipinski definition) is 1. The quantitative estimate of drug-likeness (QED) is 0.910. The van der Waals surface area contributed by atoms with Gasteiger partial charge < -0.3 is 5.32 Å². The lowest BCUT2D eigenvalue weighted by Gasteiger charge is -2.06. The molecule has 1 aromatic rings. The van der Waals surface area contributed by atoms with E-state index >= 15 is 0 Å². The number of carbonyl (C=O) groups excluding carboxylic acids is 1. The van der Waals surface area contributed by atoms with Crippen molar-refractivity contribution < 1.29 is 13.2 Å². The molecule has 0 radical (unpaired) electrons. The zero-order chi connectivity index (χ0) is 13.2. The number of rotatable bonds is 4. The van der Waals surface area contributed by atoms with E-state index in [9.17, 15) is 13.2 Å². The number of sulfone groups is 1. The van der Waals surface area contributed by atoms with Crippen molar-refractivity contribution in [1.29, 1.82) is 0 Å². The van der Waals surface area contributed by atoms with E-state index in [1.807, 2.05) is 6.92 Å². The normalized spacial score (nSPS) is 21.9. The zero-order valence-corrected chi connectivity index (χ0v) is 11.8. The van der Waals surface area contributed by atoms with Crippen LogP contribution in [-0.4, -0.2) is 30.8 Å². The topological polar surface area (TPSA) is 76.1 Å². The van der Waals surface area contributed by atoms with Gasteiger partial charge >= 0.3 is 0 Å². The average molecular weight is 288 g/mol. The molecule has 0 aromatic carbocycles. The van der Waals surface area contributed by atoms with Gasteiger partial charge in [-0.05, 0) is 18.8 Å². The maximum atomic E-state index is 11.7. The van der Waals surface area contributed by atoms with E-state index in [2.05, 4.69) is 10.3 Å². The highest BCUT2D eigenvalue weighted by Crippen LogP contribution is 2.23. The van der Waals surface area contributed by atoms with E-state index in [0.29, 0.717) is 11.6 Å². The molecule has 1 aliphatic rings. The molecule has 1 aliphatic heterocycles. The number of aromatic nitrogens is 1. The van der Waals surface area contributed by atoms with Crippen molar-refractivity contribution in [3.05, 3.63) is 11.1 Å². The van der Waals surface area contributed by atoms with E-state index in [1.54, 1.807) is 6.20 Å². The van der Waals surface area contributed by atoms with Crippen molar-refractivity contribution in [3.63, 3.8) is 0 Å². The first-order valence-corrected chi connectivity index (χ1v) is 8.57. The summed E-state index contributed by atoms with van der Waals surface area (Å²) >= 11 is 1.46. The number of carbonyl (C=O) groups is 1. The van der Waals surface area contributed by atoms with E-state index in [0.717, 1.165) is 11.3 Å². The van der Waals surface area contributed by atoms with Gasteiger partial charge in [-0.1, -0.05) is 6.92 Å². The van der Waals surface area contributed by atoms with E-state index in [1.165, 1.54) is 11.3 Å². The molecule has 100 valence electrons. The molecule has 2 heterocycles. The monoisotopic (exact) mass is 288 g/mol. The number of aryl methyl sites for hydroxylation is 1. The summed E-state index contributed by atoms with van der Waals surface area (Å²) in [5, 5.41) is 3.32. The second-order valence-corrected chi connectivity index (χ2v) is 7.85. The Balaban J connectivity index is 1.86. The Labute approximate surface area is 111 Å². The van der Waals surface area contributed by atoms with Gasteiger partial charge in [-0.15, -0.1) is 11.3 Å². The fourth-order valence-electron chi connectivity index (χ4n) is 1.99. The molecule has 1 N–H and O–H groups in total. The van der Waals surface area contributed by atoms with Gasteiger partial charge in [0.2, 0.25) is 5.91 Å². The van der Waals surface area contributed by atoms with Crippen LogP contribution in [0.1, 0.15) is 24.6 Å². The number of thiazole rings is 1. The van der Waals surface area contributed by atoms with Crippen LogP contribution in [0.5, 0.6) is 0 Å². The van der Waals surface area contributed by atoms with Crippen LogP contribution in [0.3, 0.4) is 0 Å². The summed E-state index contributed by atoms with van der Waals surface area (Å²) in [6.45, 7) is 2.03. The Morgan fingerprint density at radius 2 is 2.39 bits per heavy atom. The third-order valence-corrected chi connectivity index (χ3v) is 5.84. The Bertz CT molecular complexity index is 536. The highest BCUT2D eigenvalue weighted by Gasteiger charge is 2.29. The van der Waals surface area contributed by atoms with Crippen LogP contribution in [0, 0.1) is 5.92 Å². The van der Waals surface area contributed by atoms with Gasteiger partial charge in [0, 0.05) is 17.5 Å². The summed E-state index contributed by atoms with van der Waals surface area (Å²) < 4.78 is 22.6. The molecule has 0 spiro atoms. The summed E-state index contributed by atoms with van der Waals surface area (Å²) in [6.07, 6.45) is 3.50. The lowest BCUT2D eigenvalue weighted by molar-refractivity contribution is -0.116. The summed E-state index contributed by atoms with van der Waals surface area (Å²) in [7, 11) is -2.91. The Hall–Kier alpha value is -0.950. The Morgan fingerprint density at radius 3 is 2.94 bits per heavy atom. The second-order valence-electron chi connectivity index (χ2n) is 4.51. The second kappa shape index (κ2) is 5.36. The summed E-state index contributed by atoms with van der Waals surface area (Å²) in [5.74, 6) is 0.162. The van der Waals surface area contributed by atoms with Crippen LogP contribution in [-0.2, 0) is 21.1 Å². The van der Waals surface area contributed by atoms with Gasteiger partial charge in [0.25, 0.3) is 0 Å². The first-order chi connectivity index (χ1) is 8.48. The molecule has 5 nitrogen and oxygen atoms in total. The Kier molecular flexibility index (Phi) is 4.01. The summed E-state index contributed by atoms with van der Waals surface area (Å²) in [5.41, 5.74) is 0. The molecule has 1 amide bonds. The number of amides is 1. The summed E-state index contributed by atoms with van der Waals surface area (Å²) in [4.78, 5) is 17.0. The largest absolute Gasteiger partial charge is 0.302 e. The SMILES string of the molecule is CCc1cnc(NC(=O)CC2CCS(=O)(=O)C2)s1. The molecule has 1 unspecified atom stereocenters. The Morgan fingerprint density at radius 1 is 1.61 bits per heavy atom. The molecule has 1 atom stereocenters. The molecule has 0 aliphatic carbocycles. The van der Waals surface area contributed by atoms with Crippen molar-refractivity contribution in [1.82, 2.24) is 4.98 Å². The third kappa shape index (κ3) is 3.52. The van der Waals surface area contributed by atoms with Crippen LogP contribution >= 0.6 is 11.3 Å². The number of nitrogens with one attached hydrogen (secondary N) is 1. The molecule has 1 aromatic heterocycles. The van der Waals surface area contributed by atoms with Crippen molar-refractivity contribution in [2.75, 3.05) is 16.8 Å². The van der Waals surface area contributed by atoms with Crippen molar-refractivity contribution in [2.45, 2.75) is 26.2 Å². The average Bonchev–Trinajstić information content (AvgIpc) is 2.85. The maximum Gasteiger partial charge on any atom is 0.226 e. The highest BCUT2D eigenvalue weighted by molar-refractivity contribution is 7.91. The standard InChI is InChI=1S/C11H16N2O3S2/c1-2-9-6-12-11(17-9)13-10(14)5-8-3-4-18(15,16)7-8/h6,8H,2-5,7H2,1H3,(H,12,13,14). The van der Waals surface area contributed by atoms with Crippen molar-refractivity contribution in [3.8, 4) is 0 Å². The molecule has 2 rings (SSSR count). The molecule has 0 bridgehead atoms. The number of hydrogen-bond acceptors (Lipinski definition) is 5. The minimum absolute atomic E-state index is 0.0411. The summed E-state index contributed by atoms with van der Waals surface area (Å²) in [6, 6.07) is 0. The van der Waals surface area contributed by atoms with Crippen LogP contribution in [0.15, 0.2) is 6.20 Å². The molecular formula is C11H16N2O3S2. The zero-order valence-electron chi connectivity index (χ0n) is 10.2. The first-order valence-electron chi connectivity index (χ1n) is 5.93. The lowest BCUT2D eigenvalue weighted by Crippen LogP contribution is -2.17. The molecule has 1 saturated heterocycles. The lowest BCUT2D eigenvalue weighted by atomic mass is 10.1. The van der Waals surface area contributed by atoms with Gasteiger partial charge in [0.1, 0.15) is 0 Å². The predicted octanol–water partition coefficient (Wildman–Crippen LogP) is 1.47. The molecule has 0 saturated carbocycles. The van der Waals surface area contributed by atoms with E-state index < -0.39 is 9.84 Å². The van der Waals surface area contributed by atoms with Gasteiger partial charge in [-0.25, -0.2) is 13.4 Å². The third-order valence-electron chi connectivity index (χ3n) is 2.95. The molecular weight excluding hydrogens is 272 g/mol. The molecule has 7 heteroatoms. The maximum absolute atomic E-state index is 11.7. The number of anilines is 1. The molecule has 1 fully saturated rings. The van der Waals surface area contributed by atoms with Gasteiger partial charge in [-0.3, -0.25) is 4.79 Å². The van der Waals surface area contributed by atoms with Crippen molar-refractivity contribution in [2.24, 2.45) is 5.92 Å². The smallest absolute Gasteiger partial charge is 0.226 e. The fraction of sp³-hybridized carbons (Fsp3) is 0.636. The van der Waals surface area contributed by atoms with Crippen LogP contribution in [0.25, 0.3) is 0 Å². The first kappa shape index (κ1) is 13.5. The van der Waals surface area contributed by atoms with Crippen LogP contribution in [0.4, 0.5) is 5.13 Å². The van der Waals surface area contributed by atoms with Gasteiger partial charge in [0.05, 0.1) is 11.5 Å². The molecule has 18 heavy (non-hydrogen) atoms. The van der Waals surface area contributed by atoms with Gasteiger partial charge in [-0.2, -0.15) is 0 Å².